The minimum absolute atomic E-state index is 0.615. The van der Waals surface area contributed by atoms with Crippen molar-refractivity contribution >= 4 is 0 Å². The summed E-state index contributed by atoms with van der Waals surface area (Å²) in [6, 6.07) is 2.16. The van der Waals surface area contributed by atoms with E-state index < -0.39 is 0 Å². The van der Waals surface area contributed by atoms with Gasteiger partial charge in [-0.25, -0.2) is 0 Å². The van der Waals surface area contributed by atoms with Crippen molar-refractivity contribution in [2.45, 2.75) is 13.3 Å². The molecule has 0 unspecified atom stereocenters. The molecule has 2 heteroatoms. The van der Waals surface area contributed by atoms with E-state index in [4.69, 9.17) is 5.26 Å². The lowest BCUT2D eigenvalue weighted by atomic mass is 10.2. The monoisotopic (exact) mass is 124 g/mol. The van der Waals surface area contributed by atoms with Gasteiger partial charge in [-0.2, -0.15) is 5.26 Å². The Balaban J connectivity index is 2.24. The third kappa shape index (κ3) is 1.69. The van der Waals surface area contributed by atoms with Crippen molar-refractivity contribution in [3.8, 4) is 6.07 Å². The Morgan fingerprint density at radius 3 is 3.00 bits per heavy atom. The molecule has 1 aliphatic rings. The largest absolute Gasteiger partial charge is 0.290 e. The smallest absolute Gasteiger partial charge is 0.0866 e. The molecule has 50 valence electrons. The molecule has 1 heterocycles. The Hall–Kier alpha value is -0.550. The van der Waals surface area contributed by atoms with Gasteiger partial charge in [0.05, 0.1) is 12.6 Å². The number of nitrogens with zero attached hydrogens (tertiary/aromatic N) is 2. The van der Waals surface area contributed by atoms with Gasteiger partial charge in [0, 0.05) is 6.54 Å². The Bertz CT molecular complexity index is 125. The van der Waals surface area contributed by atoms with Gasteiger partial charge in [-0.3, -0.25) is 4.90 Å². The predicted octanol–water partition coefficient (Wildman–Crippen LogP) is 0.852. The van der Waals surface area contributed by atoms with Crippen LogP contribution in [0.1, 0.15) is 13.3 Å². The standard InChI is InChI=1S/C7H12N2/c1-7-2-4-9(6-7)5-3-8/h7H,2,4-6H2,1H3/t7-/m1/s1. The van der Waals surface area contributed by atoms with Crippen LogP contribution in [0, 0.1) is 17.2 Å². The second kappa shape index (κ2) is 2.84. The molecule has 1 aliphatic heterocycles. The first kappa shape index (κ1) is 6.57. The van der Waals surface area contributed by atoms with Crippen molar-refractivity contribution in [3.05, 3.63) is 0 Å². The first-order chi connectivity index (χ1) is 4.33. The summed E-state index contributed by atoms with van der Waals surface area (Å²) in [4.78, 5) is 2.20. The van der Waals surface area contributed by atoms with Crippen molar-refractivity contribution < 1.29 is 0 Å². The van der Waals surface area contributed by atoms with Gasteiger partial charge in [0.1, 0.15) is 0 Å². The molecule has 1 atom stereocenters. The molecule has 0 bridgehead atoms. The minimum Gasteiger partial charge on any atom is -0.290 e. The van der Waals surface area contributed by atoms with Gasteiger partial charge >= 0.3 is 0 Å². The molecular weight excluding hydrogens is 112 g/mol. The molecule has 0 radical (unpaired) electrons. The van der Waals surface area contributed by atoms with Crippen molar-refractivity contribution in [3.63, 3.8) is 0 Å². The van der Waals surface area contributed by atoms with E-state index in [0.717, 1.165) is 19.0 Å². The lowest BCUT2D eigenvalue weighted by Gasteiger charge is -2.07. The van der Waals surface area contributed by atoms with Crippen LogP contribution >= 0.6 is 0 Å². The highest BCUT2D eigenvalue weighted by molar-refractivity contribution is 4.81. The van der Waals surface area contributed by atoms with Crippen LogP contribution in [0.2, 0.25) is 0 Å². The van der Waals surface area contributed by atoms with E-state index in [9.17, 15) is 0 Å². The van der Waals surface area contributed by atoms with E-state index in [1.54, 1.807) is 0 Å². The summed E-state index contributed by atoms with van der Waals surface area (Å²) in [5.74, 6) is 0.804. The van der Waals surface area contributed by atoms with Gasteiger partial charge in [0.25, 0.3) is 0 Å². The summed E-state index contributed by atoms with van der Waals surface area (Å²) in [5, 5.41) is 8.32. The van der Waals surface area contributed by atoms with E-state index in [-0.39, 0.29) is 0 Å². The summed E-state index contributed by atoms with van der Waals surface area (Å²) in [6.07, 6.45) is 1.27. The highest BCUT2D eigenvalue weighted by Gasteiger charge is 2.16. The topological polar surface area (TPSA) is 27.0 Å². The first-order valence-electron chi connectivity index (χ1n) is 3.42. The van der Waals surface area contributed by atoms with E-state index in [2.05, 4.69) is 17.9 Å². The van der Waals surface area contributed by atoms with Crippen LogP contribution in [0.3, 0.4) is 0 Å². The fourth-order valence-corrected chi connectivity index (χ4v) is 1.27. The van der Waals surface area contributed by atoms with Crippen molar-refractivity contribution in [1.82, 2.24) is 4.90 Å². The molecule has 0 aromatic rings. The molecule has 2 nitrogen and oxygen atoms in total. The van der Waals surface area contributed by atoms with Gasteiger partial charge in [-0.05, 0) is 18.9 Å². The zero-order valence-electron chi connectivity index (χ0n) is 5.80. The third-order valence-electron chi connectivity index (χ3n) is 1.80. The molecule has 1 saturated heterocycles. The number of nitriles is 1. The third-order valence-corrected chi connectivity index (χ3v) is 1.80. The summed E-state index contributed by atoms with van der Waals surface area (Å²) in [6.45, 7) is 5.09. The lowest BCUT2D eigenvalue weighted by molar-refractivity contribution is 0.368. The quantitative estimate of drug-likeness (QED) is 0.484. The van der Waals surface area contributed by atoms with Crippen LogP contribution in [0.4, 0.5) is 0 Å². The van der Waals surface area contributed by atoms with Crippen LogP contribution < -0.4 is 0 Å². The number of hydrogen-bond donors (Lipinski definition) is 0. The van der Waals surface area contributed by atoms with Gasteiger partial charge in [-0.15, -0.1) is 0 Å². The van der Waals surface area contributed by atoms with E-state index >= 15 is 0 Å². The normalized spacial score (nSPS) is 28.2. The van der Waals surface area contributed by atoms with Gasteiger partial charge in [-0.1, -0.05) is 6.92 Å². The maximum absolute atomic E-state index is 8.32. The number of likely N-dealkylation sites (tertiary alicyclic amines) is 1. The predicted molar refractivity (Wildman–Crippen MR) is 35.8 cm³/mol. The van der Waals surface area contributed by atoms with Crippen molar-refractivity contribution in [1.29, 1.82) is 5.26 Å². The van der Waals surface area contributed by atoms with E-state index in [1.165, 1.54) is 6.42 Å². The van der Waals surface area contributed by atoms with Gasteiger partial charge in [0.15, 0.2) is 0 Å². The Labute approximate surface area is 56.1 Å². The van der Waals surface area contributed by atoms with Crippen LogP contribution in [0.5, 0.6) is 0 Å². The summed E-state index contributed by atoms with van der Waals surface area (Å²) >= 11 is 0. The fourth-order valence-electron chi connectivity index (χ4n) is 1.27. The molecule has 1 fully saturated rings. The molecule has 0 amide bonds. The highest BCUT2D eigenvalue weighted by atomic mass is 15.1. The van der Waals surface area contributed by atoms with Crippen LogP contribution in [0.25, 0.3) is 0 Å². The second-order valence-electron chi connectivity index (χ2n) is 2.79. The Morgan fingerprint density at radius 1 is 1.78 bits per heavy atom. The van der Waals surface area contributed by atoms with Gasteiger partial charge < -0.3 is 0 Å². The Morgan fingerprint density at radius 2 is 2.56 bits per heavy atom. The molecule has 0 saturated carbocycles. The van der Waals surface area contributed by atoms with Crippen LogP contribution in [0.15, 0.2) is 0 Å². The van der Waals surface area contributed by atoms with E-state index in [1.807, 2.05) is 0 Å². The van der Waals surface area contributed by atoms with Crippen LogP contribution in [-0.4, -0.2) is 24.5 Å². The SMILES string of the molecule is C[C@@H]1CCN(CC#N)C1. The zero-order valence-corrected chi connectivity index (χ0v) is 5.80. The first-order valence-corrected chi connectivity index (χ1v) is 3.42. The zero-order chi connectivity index (χ0) is 6.69. The van der Waals surface area contributed by atoms with Crippen molar-refractivity contribution in [2.75, 3.05) is 19.6 Å². The highest BCUT2D eigenvalue weighted by Crippen LogP contribution is 2.13. The lowest BCUT2D eigenvalue weighted by Crippen LogP contribution is -2.20. The second-order valence-corrected chi connectivity index (χ2v) is 2.79. The molecule has 1 rings (SSSR count). The fraction of sp³-hybridized carbons (Fsp3) is 0.857. The van der Waals surface area contributed by atoms with Crippen molar-refractivity contribution in [2.24, 2.45) is 5.92 Å². The Kier molecular flexibility index (Phi) is 2.07. The molecule has 0 aromatic carbocycles. The van der Waals surface area contributed by atoms with E-state index in [0.29, 0.717) is 6.54 Å². The molecule has 0 N–H and O–H groups in total. The molecular formula is C7H12N2. The molecule has 9 heavy (non-hydrogen) atoms. The maximum Gasteiger partial charge on any atom is 0.0866 e. The molecule has 0 spiro atoms. The van der Waals surface area contributed by atoms with Crippen LogP contribution in [-0.2, 0) is 0 Å². The number of hydrogen-bond acceptors (Lipinski definition) is 2. The average Bonchev–Trinajstić information content (AvgIpc) is 2.17. The summed E-state index contributed by atoms with van der Waals surface area (Å²) in [7, 11) is 0. The maximum atomic E-state index is 8.32. The summed E-state index contributed by atoms with van der Waals surface area (Å²) in [5.41, 5.74) is 0. The average molecular weight is 124 g/mol. The summed E-state index contributed by atoms with van der Waals surface area (Å²) < 4.78 is 0. The van der Waals surface area contributed by atoms with Gasteiger partial charge in [0.2, 0.25) is 0 Å². The number of rotatable bonds is 1. The molecule has 0 aromatic heterocycles. The minimum atomic E-state index is 0.615. The molecule has 0 aliphatic carbocycles.